The SMILES string of the molecule is Cc1c(CN)sc2cccc(F)c12. The summed E-state index contributed by atoms with van der Waals surface area (Å²) >= 11 is 1.57. The van der Waals surface area contributed by atoms with Gasteiger partial charge in [0.15, 0.2) is 0 Å². The molecule has 0 radical (unpaired) electrons. The van der Waals surface area contributed by atoms with Crippen LogP contribution in [-0.4, -0.2) is 0 Å². The molecule has 1 aromatic carbocycles. The summed E-state index contributed by atoms with van der Waals surface area (Å²) in [5, 5.41) is 0.730. The van der Waals surface area contributed by atoms with Crippen molar-refractivity contribution in [3.8, 4) is 0 Å². The minimum atomic E-state index is -0.147. The highest BCUT2D eigenvalue weighted by atomic mass is 32.1. The van der Waals surface area contributed by atoms with Gasteiger partial charge in [-0.05, 0) is 24.6 Å². The van der Waals surface area contributed by atoms with Gasteiger partial charge >= 0.3 is 0 Å². The molecule has 13 heavy (non-hydrogen) atoms. The Morgan fingerprint density at radius 1 is 1.46 bits per heavy atom. The average molecular weight is 195 g/mol. The quantitative estimate of drug-likeness (QED) is 0.744. The highest BCUT2D eigenvalue weighted by molar-refractivity contribution is 7.19. The molecule has 0 atom stereocenters. The molecule has 1 heterocycles. The Kier molecular flexibility index (Phi) is 2.06. The lowest BCUT2D eigenvalue weighted by atomic mass is 10.1. The number of nitrogens with two attached hydrogens (primary N) is 1. The van der Waals surface area contributed by atoms with Crippen molar-refractivity contribution in [2.75, 3.05) is 0 Å². The van der Waals surface area contributed by atoms with Crippen molar-refractivity contribution < 1.29 is 4.39 Å². The molecule has 2 aromatic rings. The van der Waals surface area contributed by atoms with Crippen LogP contribution in [0.2, 0.25) is 0 Å². The van der Waals surface area contributed by atoms with Gasteiger partial charge in [-0.15, -0.1) is 11.3 Å². The van der Waals surface area contributed by atoms with Gasteiger partial charge < -0.3 is 5.73 Å². The molecule has 1 nitrogen and oxygen atoms in total. The van der Waals surface area contributed by atoms with Crippen LogP contribution in [0, 0.1) is 12.7 Å². The fourth-order valence-electron chi connectivity index (χ4n) is 1.50. The van der Waals surface area contributed by atoms with Gasteiger partial charge in [0.1, 0.15) is 5.82 Å². The zero-order valence-electron chi connectivity index (χ0n) is 7.30. The Bertz CT molecular complexity index is 447. The molecule has 2 N–H and O–H groups in total. The van der Waals surface area contributed by atoms with Crippen molar-refractivity contribution in [1.82, 2.24) is 0 Å². The maximum Gasteiger partial charge on any atom is 0.132 e. The molecule has 2 rings (SSSR count). The number of hydrogen-bond acceptors (Lipinski definition) is 2. The van der Waals surface area contributed by atoms with E-state index in [4.69, 9.17) is 5.73 Å². The zero-order valence-corrected chi connectivity index (χ0v) is 8.12. The Balaban J connectivity index is 2.85. The molecule has 0 aliphatic rings. The van der Waals surface area contributed by atoms with Gasteiger partial charge in [-0.1, -0.05) is 6.07 Å². The van der Waals surface area contributed by atoms with Crippen LogP contribution in [0.4, 0.5) is 4.39 Å². The first-order valence-electron chi connectivity index (χ1n) is 4.10. The summed E-state index contributed by atoms with van der Waals surface area (Å²) in [4.78, 5) is 1.07. The predicted molar refractivity (Wildman–Crippen MR) is 54.4 cm³/mol. The monoisotopic (exact) mass is 195 g/mol. The smallest absolute Gasteiger partial charge is 0.132 e. The summed E-state index contributed by atoms with van der Waals surface area (Å²) in [5.41, 5.74) is 6.54. The molecule has 0 amide bonds. The van der Waals surface area contributed by atoms with Crippen molar-refractivity contribution >= 4 is 21.4 Å². The van der Waals surface area contributed by atoms with E-state index in [1.807, 2.05) is 13.0 Å². The summed E-state index contributed by atoms with van der Waals surface area (Å²) in [7, 11) is 0. The molecule has 68 valence electrons. The highest BCUT2D eigenvalue weighted by Gasteiger charge is 2.09. The van der Waals surface area contributed by atoms with Crippen molar-refractivity contribution in [3.05, 3.63) is 34.5 Å². The van der Waals surface area contributed by atoms with E-state index in [1.54, 1.807) is 17.4 Å². The third-order valence-electron chi connectivity index (χ3n) is 2.19. The largest absolute Gasteiger partial charge is 0.326 e. The Hall–Kier alpha value is -0.930. The summed E-state index contributed by atoms with van der Waals surface area (Å²) in [6.07, 6.45) is 0. The van der Waals surface area contributed by atoms with Crippen LogP contribution >= 0.6 is 11.3 Å². The van der Waals surface area contributed by atoms with Gasteiger partial charge in [-0.3, -0.25) is 0 Å². The van der Waals surface area contributed by atoms with E-state index in [-0.39, 0.29) is 5.82 Å². The number of fused-ring (bicyclic) bond motifs is 1. The molecule has 0 fully saturated rings. The number of halogens is 1. The second-order valence-electron chi connectivity index (χ2n) is 2.97. The summed E-state index contributed by atoms with van der Waals surface area (Å²) in [6.45, 7) is 2.41. The topological polar surface area (TPSA) is 26.0 Å². The van der Waals surface area contributed by atoms with Gasteiger partial charge in [-0.2, -0.15) is 0 Å². The number of rotatable bonds is 1. The number of hydrogen-bond donors (Lipinski definition) is 1. The molecule has 0 unspecified atom stereocenters. The van der Waals surface area contributed by atoms with Gasteiger partial charge in [0.2, 0.25) is 0 Å². The van der Waals surface area contributed by atoms with Gasteiger partial charge in [0.25, 0.3) is 0 Å². The van der Waals surface area contributed by atoms with E-state index in [2.05, 4.69) is 0 Å². The normalized spacial score (nSPS) is 11.0. The fraction of sp³-hybridized carbons (Fsp3) is 0.200. The number of thiophene rings is 1. The zero-order chi connectivity index (χ0) is 9.42. The van der Waals surface area contributed by atoms with Crippen LogP contribution < -0.4 is 5.73 Å². The Morgan fingerprint density at radius 3 is 2.85 bits per heavy atom. The van der Waals surface area contributed by atoms with E-state index in [9.17, 15) is 4.39 Å². The van der Waals surface area contributed by atoms with Crippen molar-refractivity contribution in [3.63, 3.8) is 0 Å². The van der Waals surface area contributed by atoms with E-state index in [1.165, 1.54) is 6.07 Å². The molecule has 3 heteroatoms. The first-order valence-corrected chi connectivity index (χ1v) is 4.92. The molecule has 0 spiro atoms. The van der Waals surface area contributed by atoms with E-state index >= 15 is 0 Å². The van der Waals surface area contributed by atoms with Crippen LogP contribution in [-0.2, 0) is 6.54 Å². The maximum absolute atomic E-state index is 13.4. The third-order valence-corrected chi connectivity index (χ3v) is 3.47. The van der Waals surface area contributed by atoms with Crippen molar-refractivity contribution in [1.29, 1.82) is 0 Å². The second-order valence-corrected chi connectivity index (χ2v) is 4.10. The molecule has 0 bridgehead atoms. The van der Waals surface area contributed by atoms with Crippen LogP contribution in [0.25, 0.3) is 10.1 Å². The van der Waals surface area contributed by atoms with Gasteiger partial charge in [0.05, 0.1) is 0 Å². The van der Waals surface area contributed by atoms with Crippen LogP contribution in [0.5, 0.6) is 0 Å². The summed E-state index contributed by atoms with van der Waals surface area (Å²) < 4.78 is 14.3. The van der Waals surface area contributed by atoms with E-state index < -0.39 is 0 Å². The second kappa shape index (κ2) is 3.09. The first kappa shape index (κ1) is 8.66. The average Bonchev–Trinajstić information content (AvgIpc) is 2.44. The lowest BCUT2D eigenvalue weighted by molar-refractivity contribution is 0.639. The predicted octanol–water partition coefficient (Wildman–Crippen LogP) is 2.81. The minimum Gasteiger partial charge on any atom is -0.326 e. The van der Waals surface area contributed by atoms with Crippen LogP contribution in [0.3, 0.4) is 0 Å². The lowest BCUT2D eigenvalue weighted by Gasteiger charge is -1.94. The number of benzene rings is 1. The summed E-state index contributed by atoms with van der Waals surface area (Å²) in [6, 6.07) is 5.14. The standard InChI is InChI=1S/C10H10FNS/c1-6-9(5-12)13-8-4-2-3-7(11)10(6)8/h2-4H,5,12H2,1H3. The number of aryl methyl sites for hydroxylation is 1. The Labute approximate surface area is 80.0 Å². The van der Waals surface area contributed by atoms with Gasteiger partial charge in [-0.25, -0.2) is 4.39 Å². The summed E-state index contributed by atoms with van der Waals surface area (Å²) in [5.74, 6) is -0.147. The maximum atomic E-state index is 13.4. The molecule has 1 aromatic heterocycles. The van der Waals surface area contributed by atoms with E-state index in [0.717, 1.165) is 20.5 Å². The highest BCUT2D eigenvalue weighted by Crippen LogP contribution is 2.31. The Morgan fingerprint density at radius 2 is 2.23 bits per heavy atom. The molecule has 0 aliphatic carbocycles. The fourth-order valence-corrected chi connectivity index (χ4v) is 2.60. The van der Waals surface area contributed by atoms with Crippen LogP contribution in [0.1, 0.15) is 10.4 Å². The first-order chi connectivity index (χ1) is 6.24. The van der Waals surface area contributed by atoms with Crippen LogP contribution in [0.15, 0.2) is 18.2 Å². The molecular weight excluding hydrogens is 185 g/mol. The minimum absolute atomic E-state index is 0.147. The van der Waals surface area contributed by atoms with Crippen molar-refractivity contribution in [2.45, 2.75) is 13.5 Å². The van der Waals surface area contributed by atoms with E-state index in [0.29, 0.717) is 6.54 Å². The third kappa shape index (κ3) is 1.24. The molecule has 0 aliphatic heterocycles. The van der Waals surface area contributed by atoms with Crippen molar-refractivity contribution in [2.24, 2.45) is 5.73 Å². The lowest BCUT2D eigenvalue weighted by Crippen LogP contribution is -1.94. The molecular formula is C10H10FNS. The molecule has 0 saturated carbocycles. The van der Waals surface area contributed by atoms with Gasteiger partial charge in [0, 0.05) is 21.5 Å². The molecule has 0 saturated heterocycles.